The molecule has 1 N–H and O–H groups in total. The van der Waals surface area contributed by atoms with E-state index in [0.29, 0.717) is 29.6 Å². The van der Waals surface area contributed by atoms with E-state index in [0.717, 1.165) is 40.2 Å². The van der Waals surface area contributed by atoms with Gasteiger partial charge < -0.3 is 15.4 Å². The number of nitrogens with zero attached hydrogens (tertiary/aromatic N) is 3. The fraction of sp³-hybridized carbons (Fsp3) is 0.379. The van der Waals surface area contributed by atoms with Crippen LogP contribution in [0.5, 0.6) is 0 Å². The Kier molecular flexibility index (Phi) is 7.16. The van der Waals surface area contributed by atoms with Crippen molar-refractivity contribution in [2.45, 2.75) is 61.0 Å². The first-order chi connectivity index (χ1) is 19.7. The van der Waals surface area contributed by atoms with E-state index in [-0.39, 0.29) is 35.6 Å². The number of hydrogen-bond acceptors (Lipinski definition) is 7. The van der Waals surface area contributed by atoms with Crippen molar-refractivity contribution in [3.05, 3.63) is 77.1 Å². The maximum atomic E-state index is 14.2. The molecule has 6 rings (SSSR count). The molecule has 2 saturated heterocycles. The number of pyridine rings is 1. The molecule has 1 saturated carbocycles. The Hall–Kier alpha value is -3.61. The van der Waals surface area contributed by atoms with Gasteiger partial charge >= 0.3 is 0 Å². The Morgan fingerprint density at radius 2 is 1.80 bits per heavy atom. The fourth-order valence-corrected chi connectivity index (χ4v) is 8.75. The number of sulfonamides is 1. The summed E-state index contributed by atoms with van der Waals surface area (Å²) in [5, 5.41) is 16.8. The molecule has 2 aliphatic heterocycles. The Labute approximate surface area is 242 Å². The zero-order valence-corrected chi connectivity index (χ0v) is 23.9. The first-order valence-corrected chi connectivity index (χ1v) is 16.0. The minimum Gasteiger partial charge on any atom is -0.619 e. The maximum absolute atomic E-state index is 14.2. The lowest BCUT2D eigenvalue weighted by Gasteiger charge is -2.40. The summed E-state index contributed by atoms with van der Waals surface area (Å²) in [6.07, 6.45) is 5.78. The van der Waals surface area contributed by atoms with Crippen LogP contribution in [0.2, 0.25) is 0 Å². The number of carbonyl (C=O) groups excluding carboxylic acids is 3. The van der Waals surface area contributed by atoms with Crippen LogP contribution in [0, 0.1) is 5.21 Å². The number of ketones is 1. The molecule has 2 amide bonds. The Bertz CT molecular complexity index is 1580. The summed E-state index contributed by atoms with van der Waals surface area (Å²) in [5.41, 5.74) is 0.273. The zero-order chi connectivity index (χ0) is 28.8. The first kappa shape index (κ1) is 27.6. The van der Waals surface area contributed by atoms with Crippen molar-refractivity contribution in [3.8, 4) is 10.4 Å². The number of thiophene rings is 1. The van der Waals surface area contributed by atoms with Crippen molar-refractivity contribution in [3.63, 3.8) is 0 Å². The second kappa shape index (κ2) is 10.7. The van der Waals surface area contributed by atoms with E-state index in [2.05, 4.69) is 5.32 Å². The number of aromatic nitrogens is 1. The fourth-order valence-electron chi connectivity index (χ4n) is 6.38. The second-order valence-corrected chi connectivity index (χ2v) is 13.7. The van der Waals surface area contributed by atoms with Crippen molar-refractivity contribution in [1.82, 2.24) is 14.5 Å². The molecule has 3 aromatic rings. The molecule has 10 nitrogen and oxygen atoms in total. The quantitative estimate of drug-likeness (QED) is 0.345. The van der Waals surface area contributed by atoms with Crippen molar-refractivity contribution >= 4 is 39.0 Å². The molecule has 12 heteroatoms. The Balaban J connectivity index is 1.23. The van der Waals surface area contributed by atoms with Crippen LogP contribution in [0.3, 0.4) is 0 Å². The highest BCUT2D eigenvalue weighted by Crippen LogP contribution is 2.38. The first-order valence-electron chi connectivity index (χ1n) is 13.7. The van der Waals surface area contributed by atoms with Crippen LogP contribution in [-0.4, -0.2) is 65.9 Å². The summed E-state index contributed by atoms with van der Waals surface area (Å²) >= 11 is 1.61. The molecule has 0 spiro atoms. The Morgan fingerprint density at radius 1 is 1.05 bits per heavy atom. The third-order valence-electron chi connectivity index (χ3n) is 8.41. The highest BCUT2D eigenvalue weighted by atomic mass is 32.2. The normalized spacial score (nSPS) is 22.4. The van der Waals surface area contributed by atoms with Gasteiger partial charge in [-0.15, -0.1) is 11.3 Å². The summed E-state index contributed by atoms with van der Waals surface area (Å²) in [7, 11) is -4.13. The molecule has 1 aliphatic carbocycles. The number of carbonyl (C=O) groups is 3. The largest absolute Gasteiger partial charge is 0.619 e. The molecule has 2 unspecified atom stereocenters. The van der Waals surface area contributed by atoms with Gasteiger partial charge in [0, 0.05) is 23.1 Å². The van der Waals surface area contributed by atoms with E-state index in [1.165, 1.54) is 23.2 Å². The van der Waals surface area contributed by atoms with Gasteiger partial charge in [0.1, 0.15) is 16.5 Å². The number of hydrogen-bond donors (Lipinski definition) is 1. The van der Waals surface area contributed by atoms with Gasteiger partial charge in [-0.25, -0.2) is 8.42 Å². The molecule has 3 fully saturated rings. The van der Waals surface area contributed by atoms with Gasteiger partial charge in [0.25, 0.3) is 5.91 Å². The van der Waals surface area contributed by atoms with E-state index in [9.17, 15) is 28.0 Å². The summed E-state index contributed by atoms with van der Waals surface area (Å²) in [4.78, 5) is 43.2. The van der Waals surface area contributed by atoms with Crippen LogP contribution in [0.25, 0.3) is 10.4 Å². The number of nitrogens with one attached hydrogen (secondary N) is 1. The number of fused-ring (bicyclic) bond motifs is 1. The second-order valence-electron chi connectivity index (χ2n) is 10.9. The molecule has 0 bridgehead atoms. The topological polar surface area (TPSA) is 131 Å². The molecule has 4 heterocycles. The SMILES string of the molecule is O=C(NC1(C(=O)N2CCC3C2C(=O)CN3S(=O)(=O)c2ccc[n+]([O-])c2)CCCCC1)c1ccc(-c2cccs2)cc1. The van der Waals surface area contributed by atoms with Crippen LogP contribution >= 0.6 is 11.3 Å². The number of likely N-dealkylation sites (tertiary alicyclic amines) is 1. The molecular formula is C29H30N4O6S2. The lowest BCUT2D eigenvalue weighted by atomic mass is 9.80. The van der Waals surface area contributed by atoms with Crippen molar-refractivity contribution < 1.29 is 27.5 Å². The smallest absolute Gasteiger partial charge is 0.252 e. The van der Waals surface area contributed by atoms with Gasteiger partial charge in [-0.2, -0.15) is 9.04 Å². The molecule has 214 valence electrons. The highest BCUT2D eigenvalue weighted by molar-refractivity contribution is 7.89. The number of rotatable bonds is 6. The monoisotopic (exact) mass is 594 g/mol. The van der Waals surface area contributed by atoms with Gasteiger partial charge in [0.2, 0.25) is 15.9 Å². The number of Topliss-reactive ketones (excluding diaryl/α,β-unsaturated/α-hetero) is 1. The van der Waals surface area contributed by atoms with Crippen LogP contribution in [-0.2, 0) is 19.6 Å². The molecule has 1 aromatic carbocycles. The summed E-state index contributed by atoms with van der Waals surface area (Å²) < 4.78 is 28.3. The third-order valence-corrected chi connectivity index (χ3v) is 11.2. The molecule has 2 aromatic heterocycles. The minimum absolute atomic E-state index is 0.200. The van der Waals surface area contributed by atoms with Gasteiger partial charge in [-0.1, -0.05) is 37.5 Å². The van der Waals surface area contributed by atoms with E-state index >= 15 is 0 Å². The molecule has 3 aliphatic rings. The van der Waals surface area contributed by atoms with Crippen molar-refractivity contribution in [1.29, 1.82) is 0 Å². The lowest BCUT2D eigenvalue weighted by Crippen LogP contribution is -2.62. The van der Waals surface area contributed by atoms with Crippen LogP contribution in [0.1, 0.15) is 48.9 Å². The van der Waals surface area contributed by atoms with Gasteiger partial charge in [-0.3, -0.25) is 14.4 Å². The highest BCUT2D eigenvalue weighted by Gasteiger charge is 2.57. The predicted octanol–water partition coefficient (Wildman–Crippen LogP) is 2.72. The molecule has 2 atom stereocenters. The van der Waals surface area contributed by atoms with Crippen molar-refractivity contribution in [2.75, 3.05) is 13.1 Å². The average molecular weight is 595 g/mol. The van der Waals surface area contributed by atoms with Gasteiger partial charge in [-0.05, 0) is 54.5 Å². The van der Waals surface area contributed by atoms with E-state index in [1.807, 2.05) is 29.6 Å². The zero-order valence-electron chi connectivity index (χ0n) is 22.3. The van der Waals surface area contributed by atoms with E-state index in [4.69, 9.17) is 0 Å². The van der Waals surface area contributed by atoms with E-state index < -0.39 is 27.6 Å². The molecular weight excluding hydrogens is 564 g/mol. The third kappa shape index (κ3) is 4.93. The molecule has 41 heavy (non-hydrogen) atoms. The van der Waals surface area contributed by atoms with Crippen molar-refractivity contribution in [2.24, 2.45) is 0 Å². The standard InChI is InChI=1S/C29H30N4O6S2/c34-24-19-33(41(38,39)22-6-4-15-31(37)18-22)23-12-16-32(26(23)24)28(36)29(13-2-1-3-14-29)30-27(35)21-10-8-20(9-11-21)25-7-5-17-40-25/h4-11,15,17-18,23,26H,1-3,12-14,16,19H2,(H,30,35). The maximum Gasteiger partial charge on any atom is 0.252 e. The average Bonchev–Trinajstić information content (AvgIpc) is 3.73. The predicted molar refractivity (Wildman–Crippen MR) is 151 cm³/mol. The Morgan fingerprint density at radius 3 is 2.49 bits per heavy atom. The lowest BCUT2D eigenvalue weighted by molar-refractivity contribution is -0.607. The minimum atomic E-state index is -4.13. The van der Waals surface area contributed by atoms with Gasteiger partial charge in [0.05, 0.1) is 12.6 Å². The summed E-state index contributed by atoms with van der Waals surface area (Å²) in [5.74, 6) is -1.06. The molecule has 0 radical (unpaired) electrons. The van der Waals surface area contributed by atoms with Crippen LogP contribution in [0.4, 0.5) is 0 Å². The summed E-state index contributed by atoms with van der Waals surface area (Å²) in [6.45, 7) is -0.166. The van der Waals surface area contributed by atoms with Gasteiger partial charge in [0.15, 0.2) is 18.2 Å². The van der Waals surface area contributed by atoms with E-state index in [1.54, 1.807) is 23.5 Å². The van der Waals surface area contributed by atoms with Crippen LogP contribution < -0.4 is 10.0 Å². The number of amides is 2. The summed E-state index contributed by atoms with van der Waals surface area (Å²) in [6, 6.07) is 12.2. The van der Waals surface area contributed by atoms with Crippen LogP contribution in [0.15, 0.2) is 71.2 Å². The number of benzene rings is 1.